The van der Waals surface area contributed by atoms with Crippen LogP contribution in [0.5, 0.6) is 0 Å². The zero-order valence-corrected chi connectivity index (χ0v) is 9.52. The summed E-state index contributed by atoms with van der Waals surface area (Å²) in [6.07, 6.45) is 4.01. The summed E-state index contributed by atoms with van der Waals surface area (Å²) in [6.45, 7) is 0. The van der Waals surface area contributed by atoms with Gasteiger partial charge in [0.25, 0.3) is 0 Å². The van der Waals surface area contributed by atoms with E-state index in [1.165, 1.54) is 6.33 Å². The summed E-state index contributed by atoms with van der Waals surface area (Å²) in [5.41, 5.74) is 0. The Kier molecular flexibility index (Phi) is 2.25. The number of amides is 2. The summed E-state index contributed by atoms with van der Waals surface area (Å²) in [4.78, 5) is 29.1. The maximum atomic E-state index is 12.1. The number of carbonyl (C=O) groups excluding carboxylic acids is 2. The Hall–Kier alpha value is -1.69. The lowest BCUT2D eigenvalue weighted by Crippen LogP contribution is -2.31. The molecule has 1 aromatic rings. The predicted molar refractivity (Wildman–Crippen MR) is 59.0 cm³/mol. The van der Waals surface area contributed by atoms with Gasteiger partial charge in [-0.1, -0.05) is 17.7 Å². The van der Waals surface area contributed by atoms with Gasteiger partial charge in [0, 0.05) is 5.03 Å². The van der Waals surface area contributed by atoms with E-state index in [1.807, 2.05) is 0 Å². The van der Waals surface area contributed by atoms with Crippen molar-refractivity contribution in [2.24, 2.45) is 11.8 Å². The molecule has 88 valence electrons. The lowest BCUT2D eigenvalue weighted by molar-refractivity contribution is -0.122. The number of aromatic amines is 1. The number of rotatable bonds is 1. The highest BCUT2D eigenvalue weighted by atomic mass is 35.5. The number of nitrogens with zero attached hydrogens (tertiary/aromatic N) is 3. The van der Waals surface area contributed by atoms with Crippen LogP contribution in [0.3, 0.4) is 0 Å². The van der Waals surface area contributed by atoms with Crippen molar-refractivity contribution in [1.29, 1.82) is 0 Å². The van der Waals surface area contributed by atoms with E-state index in [-0.39, 0.29) is 29.6 Å². The molecule has 0 unspecified atom stereocenters. The highest BCUT2D eigenvalue weighted by Crippen LogP contribution is 2.39. The molecule has 0 bridgehead atoms. The predicted octanol–water partition coefficient (Wildman–Crippen LogP) is 0.827. The van der Waals surface area contributed by atoms with Crippen molar-refractivity contribution in [2.45, 2.75) is 12.8 Å². The lowest BCUT2D eigenvalue weighted by Gasteiger charge is -2.17. The van der Waals surface area contributed by atoms with Crippen LogP contribution < -0.4 is 4.90 Å². The van der Waals surface area contributed by atoms with Crippen LogP contribution in [-0.2, 0) is 9.59 Å². The highest BCUT2D eigenvalue weighted by molar-refractivity contribution is 6.30. The zero-order chi connectivity index (χ0) is 12.0. The maximum absolute atomic E-state index is 12.1. The van der Waals surface area contributed by atoms with Crippen molar-refractivity contribution in [3.63, 3.8) is 0 Å². The largest absolute Gasteiger partial charge is 0.274 e. The molecular weight excluding hydrogens is 244 g/mol. The van der Waals surface area contributed by atoms with E-state index < -0.39 is 0 Å². The molecular formula is C10H9ClN4O2. The number of hydrogen-bond donors (Lipinski definition) is 1. The first-order valence-corrected chi connectivity index (χ1v) is 5.64. The van der Waals surface area contributed by atoms with Crippen LogP contribution in [0.1, 0.15) is 12.8 Å². The minimum absolute atomic E-state index is 0.186. The fourth-order valence-corrected chi connectivity index (χ4v) is 2.60. The van der Waals surface area contributed by atoms with Gasteiger partial charge in [0.1, 0.15) is 6.33 Å². The molecule has 0 radical (unpaired) electrons. The quantitative estimate of drug-likeness (QED) is 0.751. The second-order valence-electron chi connectivity index (χ2n) is 4.12. The van der Waals surface area contributed by atoms with Crippen molar-refractivity contribution >= 4 is 29.4 Å². The first-order valence-electron chi connectivity index (χ1n) is 5.26. The molecule has 6 nitrogen and oxygen atoms in total. The molecule has 0 spiro atoms. The topological polar surface area (TPSA) is 79.0 Å². The zero-order valence-electron chi connectivity index (χ0n) is 8.76. The number of anilines is 1. The van der Waals surface area contributed by atoms with Gasteiger partial charge in [-0.15, -0.1) is 0 Å². The minimum Gasteiger partial charge on any atom is -0.274 e. The molecule has 1 aliphatic carbocycles. The summed E-state index contributed by atoms with van der Waals surface area (Å²) in [5, 5.41) is 6.83. The van der Waals surface area contributed by atoms with E-state index >= 15 is 0 Å². The molecule has 2 heterocycles. The Labute approximate surface area is 102 Å². The van der Waals surface area contributed by atoms with E-state index in [9.17, 15) is 9.59 Å². The number of hydrogen-bond acceptors (Lipinski definition) is 4. The second-order valence-corrected chi connectivity index (χ2v) is 4.61. The number of carbonyl (C=O) groups is 2. The number of H-pyrrole nitrogens is 1. The third kappa shape index (κ3) is 1.48. The normalized spacial score (nSPS) is 28.3. The van der Waals surface area contributed by atoms with Gasteiger partial charge in [-0.25, -0.2) is 10.00 Å². The summed E-state index contributed by atoms with van der Waals surface area (Å²) >= 11 is 5.91. The van der Waals surface area contributed by atoms with Crippen molar-refractivity contribution in [3.8, 4) is 0 Å². The summed E-state index contributed by atoms with van der Waals surface area (Å²) in [5.74, 6) is -0.953. The van der Waals surface area contributed by atoms with Crippen molar-refractivity contribution in [3.05, 3.63) is 17.4 Å². The van der Waals surface area contributed by atoms with Gasteiger partial charge in [0.2, 0.25) is 17.8 Å². The molecule has 1 aliphatic heterocycles. The molecule has 7 heteroatoms. The molecule has 1 saturated heterocycles. The van der Waals surface area contributed by atoms with Gasteiger partial charge in [-0.05, 0) is 12.8 Å². The minimum atomic E-state index is -0.356. The van der Waals surface area contributed by atoms with Crippen LogP contribution in [-0.4, -0.2) is 27.0 Å². The lowest BCUT2D eigenvalue weighted by atomic mass is 9.85. The molecule has 17 heavy (non-hydrogen) atoms. The van der Waals surface area contributed by atoms with Gasteiger partial charge in [-0.3, -0.25) is 9.59 Å². The maximum Gasteiger partial charge on any atom is 0.240 e. The second kappa shape index (κ2) is 3.66. The molecule has 2 atom stereocenters. The van der Waals surface area contributed by atoms with Gasteiger partial charge in [0.15, 0.2) is 0 Å². The van der Waals surface area contributed by atoms with Crippen molar-refractivity contribution < 1.29 is 9.59 Å². The van der Waals surface area contributed by atoms with Crippen molar-refractivity contribution in [2.75, 3.05) is 4.90 Å². The molecule has 3 rings (SSSR count). The molecule has 0 aromatic carbocycles. The molecule has 1 fully saturated rings. The Morgan fingerprint density at radius 2 is 2.12 bits per heavy atom. The van der Waals surface area contributed by atoms with E-state index in [0.29, 0.717) is 17.9 Å². The van der Waals surface area contributed by atoms with E-state index in [0.717, 1.165) is 4.90 Å². The number of fused-ring (bicyclic) bond motifs is 1. The number of halogens is 1. The van der Waals surface area contributed by atoms with Crippen LogP contribution in [0, 0.1) is 11.8 Å². The Balaban J connectivity index is 1.96. The number of nitrogens with one attached hydrogen (secondary N) is 1. The summed E-state index contributed by atoms with van der Waals surface area (Å²) in [7, 11) is 0. The molecule has 2 amide bonds. The molecule has 0 saturated carbocycles. The monoisotopic (exact) mass is 252 g/mol. The smallest absolute Gasteiger partial charge is 0.240 e. The van der Waals surface area contributed by atoms with Crippen LogP contribution in [0.15, 0.2) is 17.4 Å². The van der Waals surface area contributed by atoms with E-state index in [1.54, 1.807) is 6.08 Å². The van der Waals surface area contributed by atoms with E-state index in [4.69, 9.17) is 11.6 Å². The average molecular weight is 253 g/mol. The third-order valence-corrected chi connectivity index (χ3v) is 3.49. The average Bonchev–Trinajstić information content (AvgIpc) is 2.88. The summed E-state index contributed by atoms with van der Waals surface area (Å²) < 4.78 is 0. The molecule has 2 aliphatic rings. The van der Waals surface area contributed by atoms with Gasteiger partial charge in [-0.2, -0.15) is 10.1 Å². The number of allylic oxidation sites excluding steroid dienone is 2. The molecule has 1 N–H and O–H groups in total. The van der Waals surface area contributed by atoms with Crippen LogP contribution >= 0.6 is 11.6 Å². The van der Waals surface area contributed by atoms with Gasteiger partial charge >= 0.3 is 0 Å². The summed E-state index contributed by atoms with van der Waals surface area (Å²) in [6, 6.07) is 0. The SMILES string of the molecule is O=C1[C@H]2CC(Cl)=CC[C@H]2C(=O)N1c1ncn[nH]1. The fourth-order valence-electron chi connectivity index (χ4n) is 2.34. The van der Waals surface area contributed by atoms with Gasteiger partial charge < -0.3 is 0 Å². The van der Waals surface area contributed by atoms with Crippen LogP contribution in [0.25, 0.3) is 0 Å². The molecule has 1 aromatic heterocycles. The Morgan fingerprint density at radius 3 is 2.82 bits per heavy atom. The van der Waals surface area contributed by atoms with Gasteiger partial charge in [0.05, 0.1) is 11.8 Å². The highest BCUT2D eigenvalue weighted by Gasteiger charge is 2.49. The first kappa shape index (κ1) is 10.5. The van der Waals surface area contributed by atoms with E-state index in [2.05, 4.69) is 15.2 Å². The van der Waals surface area contributed by atoms with Crippen LogP contribution in [0.4, 0.5) is 5.95 Å². The fraction of sp³-hybridized carbons (Fsp3) is 0.400. The van der Waals surface area contributed by atoms with Crippen LogP contribution in [0.2, 0.25) is 0 Å². The Bertz CT molecular complexity index is 510. The standard InChI is InChI=1S/C10H9ClN4O2/c11-5-1-2-6-7(3-5)9(17)15(8(6)16)10-12-4-13-14-10/h1,4,6-7H,2-3H2,(H,12,13,14)/t6-,7+/m1/s1. The first-order chi connectivity index (χ1) is 8.18. The third-order valence-electron chi connectivity index (χ3n) is 3.18. The van der Waals surface area contributed by atoms with Crippen molar-refractivity contribution in [1.82, 2.24) is 15.2 Å². The number of imide groups is 1. The number of aromatic nitrogens is 3. The Morgan fingerprint density at radius 1 is 1.35 bits per heavy atom.